The van der Waals surface area contributed by atoms with Gasteiger partial charge in [0.25, 0.3) is 0 Å². The highest BCUT2D eigenvalue weighted by molar-refractivity contribution is 5.41. The minimum absolute atomic E-state index is 0.337. The largest absolute Gasteiger partial charge is 0.457 e. The molecule has 2 aromatic carbocycles. The van der Waals surface area contributed by atoms with E-state index in [0.717, 1.165) is 0 Å². The van der Waals surface area contributed by atoms with Crippen LogP contribution in [-0.4, -0.2) is 0 Å². The molecule has 2 N–H and O–H groups in total. The molecule has 0 saturated heterocycles. The summed E-state index contributed by atoms with van der Waals surface area (Å²) in [6.07, 6.45) is 0. The summed E-state index contributed by atoms with van der Waals surface area (Å²) < 4.78 is 19.6. The topological polar surface area (TPSA) is 35.2 Å². The van der Waals surface area contributed by atoms with Crippen LogP contribution in [0.1, 0.15) is 43.9 Å². The van der Waals surface area contributed by atoms with Crippen molar-refractivity contribution in [2.45, 2.75) is 32.7 Å². The smallest absolute Gasteiger partial charge is 0.135 e. The Morgan fingerprint density at radius 1 is 1.00 bits per heavy atom. The maximum absolute atomic E-state index is 13.8. The van der Waals surface area contributed by atoms with E-state index < -0.39 is 6.04 Å². The Labute approximate surface area is 119 Å². The third kappa shape index (κ3) is 3.17. The summed E-state index contributed by atoms with van der Waals surface area (Å²) in [6.45, 7) is 6.01. The number of nitrogens with two attached hydrogens (primary N) is 1. The third-order valence-corrected chi connectivity index (χ3v) is 3.24. The molecule has 0 saturated carbocycles. The molecule has 20 heavy (non-hydrogen) atoms. The highest BCUT2D eigenvalue weighted by Crippen LogP contribution is 2.31. The van der Waals surface area contributed by atoms with E-state index in [9.17, 15) is 4.39 Å². The molecule has 2 rings (SSSR count). The number of rotatable bonds is 4. The van der Waals surface area contributed by atoms with E-state index in [-0.39, 0.29) is 5.82 Å². The van der Waals surface area contributed by atoms with Crippen molar-refractivity contribution in [2.24, 2.45) is 5.73 Å². The van der Waals surface area contributed by atoms with Crippen LogP contribution in [-0.2, 0) is 0 Å². The number of hydrogen-bond acceptors (Lipinski definition) is 2. The van der Waals surface area contributed by atoms with Gasteiger partial charge in [0, 0.05) is 11.6 Å². The first-order valence-corrected chi connectivity index (χ1v) is 6.81. The minimum Gasteiger partial charge on any atom is -0.457 e. The molecule has 3 heteroatoms. The Morgan fingerprint density at radius 3 is 2.20 bits per heavy atom. The molecule has 0 aliphatic carbocycles. The summed E-state index contributed by atoms with van der Waals surface area (Å²) in [5.41, 5.74) is 7.46. The molecule has 106 valence electrons. The molecule has 0 aliphatic heterocycles. The fourth-order valence-electron chi connectivity index (χ4n) is 2.10. The molecule has 0 fully saturated rings. The molecule has 2 aromatic rings. The first-order valence-electron chi connectivity index (χ1n) is 6.81. The SMILES string of the molecule is CC(C)c1ccc(Oc2cccc(F)c2C(C)N)cc1. The van der Waals surface area contributed by atoms with Gasteiger partial charge in [-0.25, -0.2) is 4.39 Å². The molecular weight excluding hydrogens is 253 g/mol. The average Bonchev–Trinajstić information content (AvgIpc) is 2.39. The Morgan fingerprint density at radius 2 is 1.65 bits per heavy atom. The molecule has 0 radical (unpaired) electrons. The van der Waals surface area contributed by atoms with Gasteiger partial charge in [-0.15, -0.1) is 0 Å². The lowest BCUT2D eigenvalue weighted by Crippen LogP contribution is -2.09. The summed E-state index contributed by atoms with van der Waals surface area (Å²) in [6, 6.07) is 12.2. The average molecular weight is 273 g/mol. The molecule has 0 amide bonds. The van der Waals surface area contributed by atoms with Crippen molar-refractivity contribution in [3.63, 3.8) is 0 Å². The normalized spacial score (nSPS) is 12.5. The second-order valence-corrected chi connectivity index (χ2v) is 5.27. The summed E-state index contributed by atoms with van der Waals surface area (Å²) in [7, 11) is 0. The maximum atomic E-state index is 13.8. The van der Waals surface area contributed by atoms with Crippen LogP contribution >= 0.6 is 0 Å². The van der Waals surface area contributed by atoms with Gasteiger partial charge in [0.2, 0.25) is 0 Å². The van der Waals surface area contributed by atoms with E-state index in [0.29, 0.717) is 23.0 Å². The van der Waals surface area contributed by atoms with Crippen molar-refractivity contribution in [3.05, 3.63) is 59.4 Å². The predicted molar refractivity (Wildman–Crippen MR) is 79.6 cm³/mol. The number of halogens is 1. The van der Waals surface area contributed by atoms with Crippen LogP contribution in [0.15, 0.2) is 42.5 Å². The van der Waals surface area contributed by atoms with Crippen molar-refractivity contribution >= 4 is 0 Å². The van der Waals surface area contributed by atoms with Gasteiger partial charge in [-0.05, 0) is 42.7 Å². The van der Waals surface area contributed by atoms with Crippen LogP contribution in [0.2, 0.25) is 0 Å². The van der Waals surface area contributed by atoms with Gasteiger partial charge in [-0.1, -0.05) is 32.0 Å². The van der Waals surface area contributed by atoms with Gasteiger partial charge in [0.05, 0.1) is 0 Å². The van der Waals surface area contributed by atoms with Gasteiger partial charge < -0.3 is 10.5 Å². The lowest BCUT2D eigenvalue weighted by atomic mass is 10.0. The van der Waals surface area contributed by atoms with E-state index in [1.165, 1.54) is 11.6 Å². The molecule has 2 nitrogen and oxygen atoms in total. The Balaban J connectivity index is 2.28. The van der Waals surface area contributed by atoms with Gasteiger partial charge in [0.1, 0.15) is 17.3 Å². The van der Waals surface area contributed by atoms with Crippen LogP contribution in [0.3, 0.4) is 0 Å². The van der Waals surface area contributed by atoms with Crippen LogP contribution in [0.25, 0.3) is 0 Å². The Bertz CT molecular complexity index is 576. The molecule has 0 aromatic heterocycles. The summed E-state index contributed by atoms with van der Waals surface area (Å²) in [5, 5.41) is 0. The predicted octanol–water partition coefficient (Wildman–Crippen LogP) is 4.76. The van der Waals surface area contributed by atoms with Crippen molar-refractivity contribution in [1.82, 2.24) is 0 Å². The van der Waals surface area contributed by atoms with E-state index in [4.69, 9.17) is 10.5 Å². The van der Waals surface area contributed by atoms with Crippen LogP contribution in [0.4, 0.5) is 4.39 Å². The highest BCUT2D eigenvalue weighted by atomic mass is 19.1. The summed E-state index contributed by atoms with van der Waals surface area (Å²) in [5.74, 6) is 1.29. The molecule has 0 aliphatic rings. The number of hydrogen-bond donors (Lipinski definition) is 1. The first-order chi connectivity index (χ1) is 9.49. The van der Waals surface area contributed by atoms with Crippen molar-refractivity contribution in [3.8, 4) is 11.5 Å². The summed E-state index contributed by atoms with van der Waals surface area (Å²) in [4.78, 5) is 0. The molecular formula is C17H20FNO. The van der Waals surface area contributed by atoms with Crippen LogP contribution < -0.4 is 10.5 Å². The van der Waals surface area contributed by atoms with Crippen molar-refractivity contribution < 1.29 is 9.13 Å². The van der Waals surface area contributed by atoms with Crippen molar-refractivity contribution in [2.75, 3.05) is 0 Å². The molecule has 0 bridgehead atoms. The Hall–Kier alpha value is -1.87. The fraction of sp³-hybridized carbons (Fsp3) is 0.294. The van der Waals surface area contributed by atoms with Crippen LogP contribution in [0, 0.1) is 5.82 Å². The third-order valence-electron chi connectivity index (χ3n) is 3.24. The van der Waals surface area contributed by atoms with Gasteiger partial charge >= 0.3 is 0 Å². The Kier molecular flexibility index (Phi) is 4.40. The van der Waals surface area contributed by atoms with Gasteiger partial charge in [-0.2, -0.15) is 0 Å². The maximum Gasteiger partial charge on any atom is 0.135 e. The van der Waals surface area contributed by atoms with Gasteiger partial charge in [-0.3, -0.25) is 0 Å². The monoisotopic (exact) mass is 273 g/mol. The molecule has 0 spiro atoms. The number of ether oxygens (including phenoxy) is 1. The van der Waals surface area contributed by atoms with Crippen LogP contribution in [0.5, 0.6) is 11.5 Å². The minimum atomic E-state index is -0.416. The molecule has 1 unspecified atom stereocenters. The summed E-state index contributed by atoms with van der Waals surface area (Å²) >= 11 is 0. The van der Waals surface area contributed by atoms with E-state index in [2.05, 4.69) is 13.8 Å². The zero-order valence-corrected chi connectivity index (χ0v) is 12.1. The second kappa shape index (κ2) is 6.06. The van der Waals surface area contributed by atoms with E-state index in [1.807, 2.05) is 24.3 Å². The zero-order valence-electron chi connectivity index (χ0n) is 12.1. The van der Waals surface area contributed by atoms with Crippen molar-refractivity contribution in [1.29, 1.82) is 0 Å². The second-order valence-electron chi connectivity index (χ2n) is 5.27. The highest BCUT2D eigenvalue weighted by Gasteiger charge is 2.14. The molecule has 1 atom stereocenters. The van der Waals surface area contributed by atoms with E-state index in [1.54, 1.807) is 19.1 Å². The molecule has 0 heterocycles. The fourth-order valence-corrected chi connectivity index (χ4v) is 2.10. The number of benzene rings is 2. The van der Waals surface area contributed by atoms with Gasteiger partial charge in [0.15, 0.2) is 0 Å². The quantitative estimate of drug-likeness (QED) is 0.871. The first kappa shape index (κ1) is 14.5. The lowest BCUT2D eigenvalue weighted by molar-refractivity contribution is 0.460. The lowest BCUT2D eigenvalue weighted by Gasteiger charge is -2.15. The zero-order chi connectivity index (χ0) is 14.7. The van der Waals surface area contributed by atoms with E-state index >= 15 is 0 Å². The standard InChI is InChI=1S/C17H20FNO/c1-11(2)13-7-9-14(10-8-13)20-16-6-4-5-15(18)17(16)12(3)19/h4-12H,19H2,1-3H3.